The zero-order valence-corrected chi connectivity index (χ0v) is 18.9. The van der Waals surface area contributed by atoms with Crippen LogP contribution in [-0.4, -0.2) is 45.0 Å². The molecule has 156 valence electrons. The van der Waals surface area contributed by atoms with Gasteiger partial charge in [-0.25, -0.2) is 0 Å². The fourth-order valence-corrected chi connectivity index (χ4v) is 4.67. The van der Waals surface area contributed by atoms with Crippen molar-refractivity contribution in [1.29, 1.82) is 0 Å². The molecular weight excluding hydrogens is 466 g/mol. The Morgan fingerprint density at radius 1 is 1.27 bits per heavy atom. The van der Waals surface area contributed by atoms with Gasteiger partial charge in [0.05, 0.1) is 11.7 Å². The van der Waals surface area contributed by atoms with Gasteiger partial charge in [-0.1, -0.05) is 18.2 Å². The number of nitrogens with one attached hydrogen (secondary N) is 1. The number of amides is 2. The molecule has 0 aliphatic carbocycles. The molecule has 9 heteroatoms. The van der Waals surface area contributed by atoms with Gasteiger partial charge in [0.1, 0.15) is 5.92 Å². The molecule has 1 saturated heterocycles. The molecule has 1 fully saturated rings. The van der Waals surface area contributed by atoms with E-state index in [1.807, 2.05) is 59.3 Å². The molecule has 2 unspecified atom stereocenters. The predicted molar refractivity (Wildman–Crippen MR) is 121 cm³/mol. The van der Waals surface area contributed by atoms with Gasteiger partial charge in [-0.05, 0) is 65.0 Å². The quantitative estimate of drug-likeness (QED) is 0.516. The van der Waals surface area contributed by atoms with Crippen LogP contribution in [0, 0.1) is 5.92 Å². The van der Waals surface area contributed by atoms with Crippen LogP contribution < -0.4 is 10.2 Å². The summed E-state index contributed by atoms with van der Waals surface area (Å²) in [6.45, 7) is 0.517. The Kier molecular flexibility index (Phi) is 6.38. The van der Waals surface area contributed by atoms with E-state index in [0.29, 0.717) is 25.2 Å². The molecule has 3 heterocycles. The minimum atomic E-state index is -0.701. The van der Waals surface area contributed by atoms with E-state index in [9.17, 15) is 9.59 Å². The third-order valence-electron chi connectivity index (χ3n) is 5.24. The number of anilines is 1. The van der Waals surface area contributed by atoms with Gasteiger partial charge >= 0.3 is 0 Å². The second kappa shape index (κ2) is 9.18. The zero-order chi connectivity index (χ0) is 21.1. The van der Waals surface area contributed by atoms with Crippen molar-refractivity contribution in [1.82, 2.24) is 19.9 Å². The predicted octanol–water partition coefficient (Wildman–Crippen LogP) is 3.46. The van der Waals surface area contributed by atoms with E-state index in [1.165, 1.54) is 0 Å². The van der Waals surface area contributed by atoms with Gasteiger partial charge < -0.3 is 10.2 Å². The fourth-order valence-electron chi connectivity index (χ4n) is 3.70. The zero-order valence-electron chi connectivity index (χ0n) is 16.5. The van der Waals surface area contributed by atoms with E-state index in [0.717, 1.165) is 21.6 Å². The number of nitrogens with zero attached hydrogens (tertiary/aromatic N) is 4. The van der Waals surface area contributed by atoms with Crippen molar-refractivity contribution in [3.05, 3.63) is 59.0 Å². The molecule has 3 aromatic rings. The molecule has 0 spiro atoms. The van der Waals surface area contributed by atoms with Crippen LogP contribution in [0.15, 0.2) is 53.1 Å². The summed E-state index contributed by atoms with van der Waals surface area (Å²) in [5, 5.41) is 11.6. The number of rotatable bonds is 7. The van der Waals surface area contributed by atoms with Gasteiger partial charge in [-0.15, -0.1) is 10.2 Å². The van der Waals surface area contributed by atoms with Crippen molar-refractivity contribution in [3.63, 3.8) is 0 Å². The summed E-state index contributed by atoms with van der Waals surface area (Å²) in [4.78, 5) is 27.8. The standard InChI is InChI=1S/C21H22BrN5O2S/c1-30-13-10-16(19-25-24-18-8-4-5-11-27(18)19)23-20(28)14-9-12-26(21(14)29)17-7-3-2-6-15(17)22/h2-8,11,14,16H,9-10,12-13H2,1H3,(H,23,28). The molecule has 1 aromatic carbocycles. The number of para-hydroxylation sites is 1. The molecule has 1 aliphatic rings. The highest BCUT2D eigenvalue weighted by Gasteiger charge is 2.39. The van der Waals surface area contributed by atoms with E-state index in [4.69, 9.17) is 0 Å². The van der Waals surface area contributed by atoms with Crippen LogP contribution in [0.5, 0.6) is 0 Å². The number of carbonyl (C=O) groups excluding carboxylic acids is 2. The lowest BCUT2D eigenvalue weighted by molar-refractivity contribution is -0.132. The van der Waals surface area contributed by atoms with E-state index in [-0.39, 0.29) is 17.9 Å². The highest BCUT2D eigenvalue weighted by molar-refractivity contribution is 9.10. The minimum absolute atomic E-state index is 0.172. The normalized spacial score (nSPS) is 17.5. The third kappa shape index (κ3) is 4.09. The number of hydrogen-bond acceptors (Lipinski definition) is 5. The summed E-state index contributed by atoms with van der Waals surface area (Å²) in [6, 6.07) is 12.9. The van der Waals surface area contributed by atoms with Crippen molar-refractivity contribution in [3.8, 4) is 0 Å². The van der Waals surface area contributed by atoms with Gasteiger partial charge in [0.15, 0.2) is 11.5 Å². The maximum atomic E-state index is 13.1. The van der Waals surface area contributed by atoms with E-state index < -0.39 is 5.92 Å². The van der Waals surface area contributed by atoms with Crippen LogP contribution in [0.2, 0.25) is 0 Å². The summed E-state index contributed by atoms with van der Waals surface area (Å²) in [7, 11) is 0. The molecule has 7 nitrogen and oxygen atoms in total. The van der Waals surface area contributed by atoms with Gasteiger partial charge in [-0.3, -0.25) is 14.0 Å². The van der Waals surface area contributed by atoms with E-state index in [1.54, 1.807) is 16.7 Å². The highest BCUT2D eigenvalue weighted by atomic mass is 79.9. The van der Waals surface area contributed by atoms with Crippen molar-refractivity contribution in [2.45, 2.75) is 18.9 Å². The van der Waals surface area contributed by atoms with Crippen molar-refractivity contribution < 1.29 is 9.59 Å². The summed E-state index contributed by atoms with van der Waals surface area (Å²) in [5.41, 5.74) is 1.52. The first-order valence-electron chi connectivity index (χ1n) is 9.75. The second-order valence-electron chi connectivity index (χ2n) is 7.11. The fraction of sp³-hybridized carbons (Fsp3) is 0.333. The molecule has 2 amide bonds. The summed E-state index contributed by atoms with van der Waals surface area (Å²) in [6.07, 6.45) is 5.11. The Labute approximate surface area is 187 Å². The number of fused-ring (bicyclic) bond motifs is 1. The lowest BCUT2D eigenvalue weighted by Gasteiger charge is -2.20. The van der Waals surface area contributed by atoms with Crippen molar-refractivity contribution >= 4 is 50.8 Å². The second-order valence-corrected chi connectivity index (χ2v) is 8.95. The summed E-state index contributed by atoms with van der Waals surface area (Å²) < 4.78 is 2.72. The number of pyridine rings is 1. The lowest BCUT2D eigenvalue weighted by atomic mass is 10.1. The first-order chi connectivity index (χ1) is 14.6. The van der Waals surface area contributed by atoms with E-state index in [2.05, 4.69) is 31.4 Å². The maximum Gasteiger partial charge on any atom is 0.239 e. The van der Waals surface area contributed by atoms with Crippen molar-refractivity contribution in [2.24, 2.45) is 5.92 Å². The molecule has 30 heavy (non-hydrogen) atoms. The lowest BCUT2D eigenvalue weighted by Crippen LogP contribution is -2.39. The molecule has 1 aliphatic heterocycles. The number of thioether (sulfide) groups is 1. The Bertz CT molecular complexity index is 1070. The van der Waals surface area contributed by atoms with Gasteiger partial charge in [0, 0.05) is 17.2 Å². The van der Waals surface area contributed by atoms with Gasteiger partial charge in [0.25, 0.3) is 0 Å². The van der Waals surface area contributed by atoms with Crippen LogP contribution in [0.4, 0.5) is 5.69 Å². The average molecular weight is 488 g/mol. The number of carbonyl (C=O) groups is 2. The number of benzene rings is 1. The highest BCUT2D eigenvalue weighted by Crippen LogP contribution is 2.32. The smallest absolute Gasteiger partial charge is 0.239 e. The van der Waals surface area contributed by atoms with Crippen LogP contribution >= 0.6 is 27.7 Å². The Balaban J connectivity index is 1.53. The monoisotopic (exact) mass is 487 g/mol. The summed E-state index contributed by atoms with van der Waals surface area (Å²) >= 11 is 5.20. The molecule has 0 radical (unpaired) electrons. The molecule has 2 atom stereocenters. The number of aromatic nitrogens is 3. The van der Waals surface area contributed by atoms with Gasteiger partial charge in [-0.2, -0.15) is 11.8 Å². The Morgan fingerprint density at radius 2 is 2.07 bits per heavy atom. The SMILES string of the molecule is CSCCC(NC(=O)C1CCN(c2ccccc2Br)C1=O)c1nnc2ccccn12. The third-order valence-corrected chi connectivity index (χ3v) is 6.56. The Hall–Kier alpha value is -2.39. The van der Waals surface area contributed by atoms with Crippen LogP contribution in [-0.2, 0) is 9.59 Å². The van der Waals surface area contributed by atoms with Crippen molar-refractivity contribution in [2.75, 3.05) is 23.5 Å². The van der Waals surface area contributed by atoms with Crippen LogP contribution in [0.25, 0.3) is 5.65 Å². The molecular formula is C21H22BrN5O2S. The van der Waals surface area contributed by atoms with Gasteiger partial charge in [0.2, 0.25) is 11.8 Å². The molecule has 0 saturated carbocycles. The molecule has 4 rings (SSSR count). The molecule has 0 bridgehead atoms. The van der Waals surface area contributed by atoms with E-state index >= 15 is 0 Å². The van der Waals surface area contributed by atoms with Crippen LogP contribution in [0.3, 0.4) is 0 Å². The first-order valence-corrected chi connectivity index (χ1v) is 11.9. The summed E-state index contributed by atoms with van der Waals surface area (Å²) in [5.74, 6) is 0.408. The first kappa shape index (κ1) is 20.9. The maximum absolute atomic E-state index is 13.1. The topological polar surface area (TPSA) is 79.6 Å². The molecule has 2 aromatic heterocycles. The Morgan fingerprint density at radius 3 is 2.87 bits per heavy atom. The largest absolute Gasteiger partial charge is 0.345 e. The molecule has 1 N–H and O–H groups in total. The minimum Gasteiger partial charge on any atom is -0.345 e. The number of hydrogen-bond donors (Lipinski definition) is 1. The average Bonchev–Trinajstić information content (AvgIpc) is 3.35. The van der Waals surface area contributed by atoms with Crippen LogP contribution in [0.1, 0.15) is 24.7 Å². The number of halogens is 1.